The quantitative estimate of drug-likeness (QED) is 0.838. The molecule has 2 rings (SSSR count). The predicted octanol–water partition coefficient (Wildman–Crippen LogP) is 1.67. The molecule has 1 N–H and O–H groups in total. The van der Waals surface area contributed by atoms with Gasteiger partial charge >= 0.3 is 0 Å². The van der Waals surface area contributed by atoms with Crippen LogP contribution in [0.15, 0.2) is 41.2 Å². The molecule has 0 fully saturated rings. The van der Waals surface area contributed by atoms with Crippen molar-refractivity contribution in [2.45, 2.75) is 20.4 Å². The summed E-state index contributed by atoms with van der Waals surface area (Å²) in [4.78, 5) is 23.8. The number of hydrogen-bond acceptors (Lipinski definition) is 4. The summed E-state index contributed by atoms with van der Waals surface area (Å²) < 4.78 is 12.0. The summed E-state index contributed by atoms with van der Waals surface area (Å²) in [7, 11) is 1.52. The van der Waals surface area contributed by atoms with Crippen molar-refractivity contribution in [2.24, 2.45) is 0 Å². The first-order chi connectivity index (χ1) is 11.5. The molecule has 0 radical (unpaired) electrons. The molecule has 1 aromatic carbocycles. The highest BCUT2D eigenvalue weighted by molar-refractivity contribution is 5.77. The molecule has 0 aliphatic heterocycles. The Hall–Kier alpha value is -2.76. The standard InChI is InChI=1S/C18H22N2O4/c1-13-4-6-15(7-5-13)24-12-17(21)19-8-9-20-14(2)10-16(23-3)11-18(20)22/h4-7,10-11H,8-9,12H2,1-3H3,(H,19,21). The fraction of sp³-hybridized carbons (Fsp3) is 0.333. The van der Waals surface area contributed by atoms with E-state index in [9.17, 15) is 9.59 Å². The molecule has 128 valence electrons. The van der Waals surface area contributed by atoms with Crippen molar-refractivity contribution >= 4 is 5.91 Å². The summed E-state index contributed by atoms with van der Waals surface area (Å²) in [5, 5.41) is 2.74. The second-order valence-corrected chi connectivity index (χ2v) is 5.48. The van der Waals surface area contributed by atoms with E-state index in [1.54, 1.807) is 10.6 Å². The lowest BCUT2D eigenvalue weighted by molar-refractivity contribution is -0.123. The fourth-order valence-electron chi connectivity index (χ4n) is 2.24. The lowest BCUT2D eigenvalue weighted by atomic mass is 10.2. The maximum Gasteiger partial charge on any atom is 0.258 e. The van der Waals surface area contributed by atoms with Crippen LogP contribution in [0.4, 0.5) is 0 Å². The summed E-state index contributed by atoms with van der Waals surface area (Å²) >= 11 is 0. The van der Waals surface area contributed by atoms with Crippen molar-refractivity contribution in [3.05, 3.63) is 58.0 Å². The predicted molar refractivity (Wildman–Crippen MR) is 91.7 cm³/mol. The SMILES string of the molecule is COc1cc(C)n(CCNC(=O)COc2ccc(C)cc2)c(=O)c1. The fourth-order valence-corrected chi connectivity index (χ4v) is 2.24. The molecule has 0 atom stereocenters. The van der Waals surface area contributed by atoms with Gasteiger partial charge in [0.05, 0.1) is 7.11 Å². The monoisotopic (exact) mass is 330 g/mol. The zero-order valence-electron chi connectivity index (χ0n) is 14.2. The maximum absolute atomic E-state index is 12.0. The molecular weight excluding hydrogens is 308 g/mol. The van der Waals surface area contributed by atoms with Gasteiger partial charge in [-0.2, -0.15) is 0 Å². The number of aromatic nitrogens is 1. The number of methoxy groups -OCH3 is 1. The third kappa shape index (κ3) is 4.87. The first kappa shape index (κ1) is 17.6. The Balaban J connectivity index is 1.80. The van der Waals surface area contributed by atoms with Crippen LogP contribution in [0.25, 0.3) is 0 Å². The van der Waals surface area contributed by atoms with Gasteiger partial charge in [0.1, 0.15) is 11.5 Å². The van der Waals surface area contributed by atoms with Gasteiger partial charge in [-0.15, -0.1) is 0 Å². The molecule has 1 aromatic heterocycles. The topological polar surface area (TPSA) is 69.6 Å². The number of aryl methyl sites for hydroxylation is 2. The van der Waals surface area contributed by atoms with Crippen LogP contribution in [-0.2, 0) is 11.3 Å². The number of carbonyl (C=O) groups is 1. The summed E-state index contributed by atoms with van der Waals surface area (Å²) in [6.07, 6.45) is 0. The van der Waals surface area contributed by atoms with Crippen LogP contribution in [0.5, 0.6) is 11.5 Å². The Kier molecular flexibility index (Phi) is 6.01. The average molecular weight is 330 g/mol. The molecule has 0 aliphatic rings. The van der Waals surface area contributed by atoms with Crippen molar-refractivity contribution in [1.29, 1.82) is 0 Å². The number of amides is 1. The van der Waals surface area contributed by atoms with Crippen molar-refractivity contribution in [2.75, 3.05) is 20.3 Å². The lowest BCUT2D eigenvalue weighted by Crippen LogP contribution is -2.34. The Labute approximate surface area is 141 Å². The van der Waals surface area contributed by atoms with E-state index < -0.39 is 0 Å². The van der Waals surface area contributed by atoms with E-state index in [0.717, 1.165) is 11.3 Å². The molecule has 0 saturated carbocycles. The Morgan fingerprint density at radius 2 is 1.83 bits per heavy atom. The van der Waals surface area contributed by atoms with Crippen LogP contribution in [0.2, 0.25) is 0 Å². The van der Waals surface area contributed by atoms with Crippen LogP contribution in [-0.4, -0.2) is 30.7 Å². The van der Waals surface area contributed by atoms with Crippen LogP contribution in [0.3, 0.4) is 0 Å². The second kappa shape index (κ2) is 8.19. The van der Waals surface area contributed by atoms with Crippen LogP contribution >= 0.6 is 0 Å². The van der Waals surface area contributed by atoms with E-state index >= 15 is 0 Å². The molecule has 0 bridgehead atoms. The Morgan fingerprint density at radius 1 is 1.12 bits per heavy atom. The summed E-state index contributed by atoms with van der Waals surface area (Å²) in [5.74, 6) is 0.956. The zero-order valence-corrected chi connectivity index (χ0v) is 14.2. The van der Waals surface area contributed by atoms with E-state index in [2.05, 4.69) is 5.32 Å². The normalized spacial score (nSPS) is 10.3. The number of ether oxygens (including phenoxy) is 2. The molecule has 1 heterocycles. The number of hydrogen-bond donors (Lipinski definition) is 1. The second-order valence-electron chi connectivity index (χ2n) is 5.48. The van der Waals surface area contributed by atoms with E-state index in [-0.39, 0.29) is 18.1 Å². The van der Waals surface area contributed by atoms with E-state index in [0.29, 0.717) is 24.6 Å². The highest BCUT2D eigenvalue weighted by atomic mass is 16.5. The molecule has 6 heteroatoms. The van der Waals surface area contributed by atoms with Crippen molar-refractivity contribution in [1.82, 2.24) is 9.88 Å². The summed E-state index contributed by atoms with van der Waals surface area (Å²) in [6, 6.07) is 10.7. The largest absolute Gasteiger partial charge is 0.496 e. The maximum atomic E-state index is 12.0. The third-order valence-electron chi connectivity index (χ3n) is 3.59. The molecule has 0 spiro atoms. The van der Waals surface area contributed by atoms with E-state index in [1.165, 1.54) is 13.2 Å². The Bertz CT molecular complexity index is 751. The molecular formula is C18H22N2O4. The minimum Gasteiger partial charge on any atom is -0.496 e. The van der Waals surface area contributed by atoms with Gasteiger partial charge in [0.25, 0.3) is 11.5 Å². The van der Waals surface area contributed by atoms with Gasteiger partial charge in [-0.25, -0.2) is 0 Å². The highest BCUT2D eigenvalue weighted by Crippen LogP contribution is 2.11. The third-order valence-corrected chi connectivity index (χ3v) is 3.59. The number of nitrogens with zero attached hydrogens (tertiary/aromatic N) is 1. The van der Waals surface area contributed by atoms with Crippen molar-refractivity contribution in [3.8, 4) is 11.5 Å². The number of pyridine rings is 1. The number of benzene rings is 1. The van der Waals surface area contributed by atoms with Gasteiger partial charge in [-0.05, 0) is 32.0 Å². The first-order valence-electron chi connectivity index (χ1n) is 7.71. The minimum atomic E-state index is -0.227. The average Bonchev–Trinajstić information content (AvgIpc) is 2.56. The molecule has 1 amide bonds. The smallest absolute Gasteiger partial charge is 0.258 e. The van der Waals surface area contributed by atoms with Crippen molar-refractivity contribution < 1.29 is 14.3 Å². The van der Waals surface area contributed by atoms with Crippen LogP contribution < -0.4 is 20.3 Å². The first-order valence-corrected chi connectivity index (χ1v) is 7.71. The molecule has 24 heavy (non-hydrogen) atoms. The summed E-state index contributed by atoms with van der Waals surface area (Å²) in [5.41, 5.74) is 1.76. The van der Waals surface area contributed by atoms with Crippen molar-refractivity contribution in [3.63, 3.8) is 0 Å². The van der Waals surface area contributed by atoms with Gasteiger partial charge in [-0.1, -0.05) is 17.7 Å². The van der Waals surface area contributed by atoms with Crippen LogP contribution in [0, 0.1) is 13.8 Å². The number of nitrogens with one attached hydrogen (secondary N) is 1. The lowest BCUT2D eigenvalue weighted by Gasteiger charge is -2.12. The number of carbonyl (C=O) groups excluding carboxylic acids is 1. The van der Waals surface area contributed by atoms with E-state index in [1.807, 2.05) is 38.1 Å². The van der Waals surface area contributed by atoms with Gasteiger partial charge in [0.15, 0.2) is 6.61 Å². The van der Waals surface area contributed by atoms with Crippen LogP contribution in [0.1, 0.15) is 11.3 Å². The van der Waals surface area contributed by atoms with Gasteiger partial charge in [0, 0.05) is 24.8 Å². The van der Waals surface area contributed by atoms with Gasteiger partial charge in [-0.3, -0.25) is 9.59 Å². The molecule has 6 nitrogen and oxygen atoms in total. The number of rotatable bonds is 7. The molecule has 0 saturated heterocycles. The van der Waals surface area contributed by atoms with Gasteiger partial charge in [0.2, 0.25) is 0 Å². The molecule has 0 aliphatic carbocycles. The van der Waals surface area contributed by atoms with Gasteiger partial charge < -0.3 is 19.4 Å². The molecule has 2 aromatic rings. The Morgan fingerprint density at radius 3 is 2.46 bits per heavy atom. The zero-order chi connectivity index (χ0) is 17.5. The summed E-state index contributed by atoms with van der Waals surface area (Å²) in [6.45, 7) is 4.50. The molecule has 0 unspecified atom stereocenters. The minimum absolute atomic E-state index is 0.0560. The highest BCUT2D eigenvalue weighted by Gasteiger charge is 2.06. The van der Waals surface area contributed by atoms with E-state index in [4.69, 9.17) is 9.47 Å².